The molecular formula is C14H15N5O. The molecular weight excluding hydrogens is 254 g/mol. The first kappa shape index (κ1) is 12.5. The van der Waals surface area contributed by atoms with Gasteiger partial charge in [0.05, 0.1) is 0 Å². The lowest BCUT2D eigenvalue weighted by Crippen LogP contribution is -2.21. The van der Waals surface area contributed by atoms with Crippen LogP contribution in [0.25, 0.3) is 0 Å². The molecule has 1 saturated heterocycles. The van der Waals surface area contributed by atoms with E-state index in [0.717, 1.165) is 18.9 Å². The minimum Gasteiger partial charge on any atom is -0.355 e. The second-order valence-corrected chi connectivity index (χ2v) is 4.66. The number of nitrogens with one attached hydrogen (secondary N) is 1. The van der Waals surface area contributed by atoms with Gasteiger partial charge < -0.3 is 10.2 Å². The van der Waals surface area contributed by atoms with Crippen LogP contribution in [0.1, 0.15) is 23.3 Å². The molecule has 0 radical (unpaired) electrons. The summed E-state index contributed by atoms with van der Waals surface area (Å²) in [6.45, 7) is 2.02. The molecule has 6 heteroatoms. The predicted octanol–water partition coefficient (Wildman–Crippen LogP) is 1.72. The van der Waals surface area contributed by atoms with Crippen LogP contribution in [0.4, 0.5) is 11.5 Å². The number of pyridine rings is 1. The van der Waals surface area contributed by atoms with Gasteiger partial charge in [-0.1, -0.05) is 0 Å². The van der Waals surface area contributed by atoms with Crippen LogP contribution in [0, 0.1) is 0 Å². The summed E-state index contributed by atoms with van der Waals surface area (Å²) >= 11 is 0. The molecule has 1 N–H and O–H groups in total. The maximum atomic E-state index is 12.0. The van der Waals surface area contributed by atoms with Crippen LogP contribution >= 0.6 is 0 Å². The van der Waals surface area contributed by atoms with E-state index >= 15 is 0 Å². The number of anilines is 2. The number of nitrogens with zero attached hydrogens (tertiary/aromatic N) is 4. The Balaban J connectivity index is 1.69. The third-order valence-electron chi connectivity index (χ3n) is 3.25. The second kappa shape index (κ2) is 5.64. The van der Waals surface area contributed by atoms with Crippen LogP contribution < -0.4 is 10.2 Å². The van der Waals surface area contributed by atoms with Gasteiger partial charge in [-0.2, -0.15) is 0 Å². The number of aromatic nitrogens is 3. The Bertz CT molecular complexity index is 578. The average Bonchev–Trinajstić information content (AvgIpc) is 3.03. The van der Waals surface area contributed by atoms with Crippen LogP contribution in [-0.2, 0) is 0 Å². The molecule has 1 fully saturated rings. The molecule has 1 amide bonds. The summed E-state index contributed by atoms with van der Waals surface area (Å²) in [6, 6.07) is 7.00. The number of hydrogen-bond donors (Lipinski definition) is 1. The van der Waals surface area contributed by atoms with Crippen LogP contribution in [-0.4, -0.2) is 34.2 Å². The van der Waals surface area contributed by atoms with Crippen molar-refractivity contribution in [1.82, 2.24) is 15.2 Å². The Morgan fingerprint density at radius 3 is 2.45 bits per heavy atom. The zero-order valence-corrected chi connectivity index (χ0v) is 11.0. The Morgan fingerprint density at radius 2 is 1.80 bits per heavy atom. The van der Waals surface area contributed by atoms with Crippen LogP contribution in [0.5, 0.6) is 0 Å². The van der Waals surface area contributed by atoms with E-state index < -0.39 is 0 Å². The van der Waals surface area contributed by atoms with Crippen molar-refractivity contribution in [1.29, 1.82) is 0 Å². The molecule has 3 rings (SSSR count). The van der Waals surface area contributed by atoms with Crippen molar-refractivity contribution in [2.24, 2.45) is 0 Å². The zero-order valence-electron chi connectivity index (χ0n) is 11.0. The summed E-state index contributed by atoms with van der Waals surface area (Å²) in [5.74, 6) is 0.569. The number of amides is 1. The van der Waals surface area contributed by atoms with Crippen molar-refractivity contribution >= 4 is 17.4 Å². The molecule has 0 unspecified atom stereocenters. The SMILES string of the molecule is O=C(Nc1ccncc1)c1ccc(N2CCCC2)nn1. The topological polar surface area (TPSA) is 71.0 Å². The lowest BCUT2D eigenvalue weighted by Gasteiger charge is -2.15. The summed E-state index contributed by atoms with van der Waals surface area (Å²) in [6.07, 6.45) is 5.62. The van der Waals surface area contributed by atoms with Gasteiger partial charge in [0.1, 0.15) is 0 Å². The standard InChI is InChI=1S/C14H15N5O/c20-14(16-11-5-7-15-8-6-11)12-3-4-13(18-17-12)19-9-1-2-10-19/h3-8H,1-2,9-10H2,(H,15,16,20). The summed E-state index contributed by atoms with van der Waals surface area (Å²) in [4.78, 5) is 18.1. The Morgan fingerprint density at radius 1 is 1.05 bits per heavy atom. The van der Waals surface area contributed by atoms with Crippen molar-refractivity contribution in [2.75, 3.05) is 23.3 Å². The van der Waals surface area contributed by atoms with Crippen molar-refractivity contribution in [2.45, 2.75) is 12.8 Å². The summed E-state index contributed by atoms with van der Waals surface area (Å²) in [7, 11) is 0. The van der Waals surface area contributed by atoms with Gasteiger partial charge in [0.15, 0.2) is 11.5 Å². The van der Waals surface area contributed by atoms with Gasteiger partial charge in [-0.05, 0) is 37.1 Å². The lowest BCUT2D eigenvalue weighted by atomic mass is 10.3. The van der Waals surface area contributed by atoms with Gasteiger partial charge in [-0.25, -0.2) is 0 Å². The van der Waals surface area contributed by atoms with Gasteiger partial charge >= 0.3 is 0 Å². The number of hydrogen-bond acceptors (Lipinski definition) is 5. The molecule has 1 aliphatic rings. The van der Waals surface area contributed by atoms with Crippen molar-refractivity contribution in [3.05, 3.63) is 42.4 Å². The molecule has 0 saturated carbocycles. The molecule has 0 aromatic carbocycles. The van der Waals surface area contributed by atoms with Gasteiger partial charge in [0, 0.05) is 31.2 Å². The molecule has 0 aliphatic carbocycles. The van der Waals surface area contributed by atoms with E-state index in [1.807, 2.05) is 6.07 Å². The van der Waals surface area contributed by atoms with Crippen LogP contribution in [0.2, 0.25) is 0 Å². The largest absolute Gasteiger partial charge is 0.355 e. The Kier molecular flexibility index (Phi) is 3.54. The second-order valence-electron chi connectivity index (χ2n) is 4.66. The normalized spacial score (nSPS) is 14.3. The van der Waals surface area contributed by atoms with E-state index in [9.17, 15) is 4.79 Å². The fraction of sp³-hybridized carbons (Fsp3) is 0.286. The fourth-order valence-electron chi connectivity index (χ4n) is 2.19. The molecule has 3 heterocycles. The zero-order chi connectivity index (χ0) is 13.8. The van der Waals surface area contributed by atoms with Gasteiger partial charge in [0.2, 0.25) is 0 Å². The minimum atomic E-state index is -0.267. The minimum absolute atomic E-state index is 0.267. The van der Waals surface area contributed by atoms with Gasteiger partial charge in [-0.3, -0.25) is 9.78 Å². The molecule has 0 atom stereocenters. The smallest absolute Gasteiger partial charge is 0.276 e. The van der Waals surface area contributed by atoms with Crippen LogP contribution in [0.3, 0.4) is 0 Å². The number of carbonyl (C=O) groups is 1. The highest BCUT2D eigenvalue weighted by atomic mass is 16.1. The molecule has 6 nitrogen and oxygen atoms in total. The maximum absolute atomic E-state index is 12.0. The third kappa shape index (κ3) is 2.74. The highest BCUT2D eigenvalue weighted by Crippen LogP contribution is 2.16. The van der Waals surface area contributed by atoms with E-state index in [-0.39, 0.29) is 5.91 Å². The van der Waals surface area contributed by atoms with E-state index in [2.05, 4.69) is 25.4 Å². The third-order valence-corrected chi connectivity index (χ3v) is 3.25. The van der Waals surface area contributed by atoms with E-state index in [4.69, 9.17) is 0 Å². The predicted molar refractivity (Wildman–Crippen MR) is 75.7 cm³/mol. The lowest BCUT2D eigenvalue weighted by molar-refractivity contribution is 0.102. The molecule has 102 valence electrons. The maximum Gasteiger partial charge on any atom is 0.276 e. The molecule has 2 aromatic rings. The monoisotopic (exact) mass is 269 g/mol. The molecule has 1 aliphatic heterocycles. The summed E-state index contributed by atoms with van der Waals surface area (Å²) < 4.78 is 0. The first-order chi connectivity index (χ1) is 9.83. The van der Waals surface area contributed by atoms with Gasteiger partial charge in [0.25, 0.3) is 5.91 Å². The first-order valence-electron chi connectivity index (χ1n) is 6.63. The van der Waals surface area contributed by atoms with Crippen molar-refractivity contribution < 1.29 is 4.79 Å². The Labute approximate surface area is 116 Å². The molecule has 0 bridgehead atoms. The van der Waals surface area contributed by atoms with E-state index in [1.165, 1.54) is 12.8 Å². The van der Waals surface area contributed by atoms with Crippen molar-refractivity contribution in [3.63, 3.8) is 0 Å². The number of rotatable bonds is 3. The van der Waals surface area contributed by atoms with Crippen molar-refractivity contribution in [3.8, 4) is 0 Å². The summed E-state index contributed by atoms with van der Waals surface area (Å²) in [5, 5.41) is 10.9. The van der Waals surface area contributed by atoms with Crippen LogP contribution in [0.15, 0.2) is 36.7 Å². The molecule has 20 heavy (non-hydrogen) atoms. The number of carbonyl (C=O) groups excluding carboxylic acids is 1. The highest BCUT2D eigenvalue weighted by molar-refractivity contribution is 6.02. The first-order valence-corrected chi connectivity index (χ1v) is 6.63. The highest BCUT2D eigenvalue weighted by Gasteiger charge is 2.15. The molecule has 0 spiro atoms. The van der Waals surface area contributed by atoms with E-state index in [0.29, 0.717) is 11.4 Å². The van der Waals surface area contributed by atoms with Gasteiger partial charge in [-0.15, -0.1) is 10.2 Å². The quantitative estimate of drug-likeness (QED) is 0.918. The molecule has 2 aromatic heterocycles. The fourth-order valence-corrected chi connectivity index (χ4v) is 2.19. The summed E-state index contributed by atoms with van der Waals surface area (Å²) in [5.41, 5.74) is 1.00. The van der Waals surface area contributed by atoms with E-state index in [1.54, 1.807) is 30.6 Å². The Hall–Kier alpha value is -2.50. The average molecular weight is 269 g/mol.